The quantitative estimate of drug-likeness (QED) is 0.460. The molecule has 2 N–H and O–H groups in total. The third-order valence-corrected chi connectivity index (χ3v) is 13.2. The van der Waals surface area contributed by atoms with Crippen molar-refractivity contribution >= 4 is 23.4 Å². The fourth-order valence-corrected chi connectivity index (χ4v) is 11.2. The highest BCUT2D eigenvalue weighted by atomic mass is 32.2. The number of amides is 1. The first kappa shape index (κ1) is 26.1. The first-order valence-corrected chi connectivity index (χ1v) is 15.7. The molecule has 6 rings (SSSR count). The van der Waals surface area contributed by atoms with E-state index in [1.165, 1.54) is 43.2 Å². The third kappa shape index (κ3) is 4.10. The van der Waals surface area contributed by atoms with E-state index in [1.54, 1.807) is 6.07 Å². The van der Waals surface area contributed by atoms with Crippen molar-refractivity contribution in [1.82, 2.24) is 0 Å². The highest BCUT2D eigenvalue weighted by Gasteiger charge is 2.63. The lowest BCUT2D eigenvalue weighted by Crippen LogP contribution is -2.58. The highest BCUT2D eigenvalue weighted by molar-refractivity contribution is 8.00. The number of benzene rings is 1. The Morgan fingerprint density at radius 3 is 2.76 bits per heavy atom. The van der Waals surface area contributed by atoms with Crippen LogP contribution in [0.2, 0.25) is 0 Å². The maximum absolute atomic E-state index is 13.6. The Morgan fingerprint density at radius 1 is 1.14 bits per heavy atom. The number of carbonyl (C=O) groups excluding carboxylic acids is 1. The highest BCUT2D eigenvalue weighted by Crippen LogP contribution is 2.68. The molecule has 6 heteroatoms. The summed E-state index contributed by atoms with van der Waals surface area (Å²) in [5.74, 6) is 3.66. The van der Waals surface area contributed by atoms with Gasteiger partial charge in [0.2, 0.25) is 5.91 Å². The van der Waals surface area contributed by atoms with E-state index in [2.05, 4.69) is 20.8 Å². The van der Waals surface area contributed by atoms with Crippen LogP contribution in [0.5, 0.6) is 0 Å². The molecule has 1 aromatic carbocycles. The van der Waals surface area contributed by atoms with E-state index in [0.29, 0.717) is 47.8 Å². The van der Waals surface area contributed by atoms with Crippen LogP contribution in [0.25, 0.3) is 0 Å². The summed E-state index contributed by atoms with van der Waals surface area (Å²) in [6, 6.07) is 4.69. The van der Waals surface area contributed by atoms with Crippen LogP contribution in [0, 0.1) is 52.2 Å². The van der Waals surface area contributed by atoms with Gasteiger partial charge in [0.05, 0.1) is 23.8 Å². The van der Waals surface area contributed by atoms with E-state index in [1.807, 2.05) is 4.90 Å². The molecule has 37 heavy (non-hydrogen) atoms. The Hall–Kier alpha value is -1.11. The predicted octanol–water partition coefficient (Wildman–Crippen LogP) is 6.63. The molecular weight excluding hydrogens is 485 g/mol. The topological polar surface area (TPSA) is 60.8 Å². The molecule has 1 amide bonds. The summed E-state index contributed by atoms with van der Waals surface area (Å²) in [4.78, 5) is 15.8. The van der Waals surface area contributed by atoms with E-state index in [-0.39, 0.29) is 34.8 Å². The number of aliphatic hydroxyl groups excluding tert-OH is 2. The zero-order valence-corrected chi connectivity index (χ0v) is 23.5. The van der Waals surface area contributed by atoms with Gasteiger partial charge in [-0.15, -0.1) is 11.8 Å². The minimum atomic E-state index is -0.288. The first-order valence-electron chi connectivity index (χ1n) is 14.7. The van der Waals surface area contributed by atoms with E-state index in [9.17, 15) is 19.4 Å². The van der Waals surface area contributed by atoms with Crippen LogP contribution in [0.1, 0.15) is 85.0 Å². The molecular formula is C31H44FNO3S. The maximum Gasteiger partial charge on any atom is 0.227 e. The zero-order chi connectivity index (χ0) is 26.1. The van der Waals surface area contributed by atoms with Crippen molar-refractivity contribution < 1.29 is 19.4 Å². The lowest BCUT2D eigenvalue weighted by atomic mass is 9.43. The molecule has 4 aliphatic carbocycles. The molecule has 4 saturated carbocycles. The van der Waals surface area contributed by atoms with E-state index in [0.717, 1.165) is 49.1 Å². The molecule has 4 nitrogen and oxygen atoms in total. The molecule has 0 bridgehead atoms. The van der Waals surface area contributed by atoms with Gasteiger partial charge in [-0.25, -0.2) is 4.39 Å². The Bertz CT molecular complexity index is 1050. The Kier molecular flexibility index (Phi) is 6.72. The molecule has 5 aliphatic rings. The number of anilines is 1. The van der Waals surface area contributed by atoms with Crippen LogP contribution >= 0.6 is 11.8 Å². The number of fused-ring (bicyclic) bond motifs is 6. The standard InChI is InChI=1S/C31H44FNO3S/c1-18(4-11-29(36)33-17-37-27-15-20(32)6-10-26(27)33)23-8-9-24-22-7-5-19-14-21(34)12-13-30(19,2)25(22)16-28(35)31(23,24)3/h6,10,15,18-19,21-25,28,34-35H,4-5,7-9,11-14,16-17H2,1-3H3/t18-,19-,21-,22+,23-,24+,25+,28+,30+,31-/m1/s1. The van der Waals surface area contributed by atoms with Gasteiger partial charge in [0.25, 0.3) is 0 Å². The second-order valence-corrected chi connectivity index (χ2v) is 14.6. The monoisotopic (exact) mass is 529 g/mol. The average Bonchev–Trinajstić information content (AvgIpc) is 3.45. The molecule has 1 aliphatic heterocycles. The molecule has 0 unspecified atom stereocenters. The van der Waals surface area contributed by atoms with Crippen LogP contribution < -0.4 is 4.90 Å². The van der Waals surface area contributed by atoms with Crippen LogP contribution in [0.15, 0.2) is 23.1 Å². The predicted molar refractivity (Wildman–Crippen MR) is 146 cm³/mol. The fourth-order valence-electron chi connectivity index (χ4n) is 10.1. The van der Waals surface area contributed by atoms with Gasteiger partial charge in [-0.2, -0.15) is 0 Å². The number of hydrogen-bond acceptors (Lipinski definition) is 4. The van der Waals surface area contributed by atoms with Crippen LogP contribution in [-0.2, 0) is 4.79 Å². The number of hydrogen-bond donors (Lipinski definition) is 2. The van der Waals surface area contributed by atoms with Crippen molar-refractivity contribution in [2.24, 2.45) is 46.3 Å². The van der Waals surface area contributed by atoms with Crippen molar-refractivity contribution in [3.05, 3.63) is 24.0 Å². The van der Waals surface area contributed by atoms with Gasteiger partial charge in [-0.1, -0.05) is 20.8 Å². The number of rotatable bonds is 4. The summed E-state index contributed by atoms with van der Waals surface area (Å²) >= 11 is 1.53. The Morgan fingerprint density at radius 2 is 1.95 bits per heavy atom. The summed E-state index contributed by atoms with van der Waals surface area (Å²) in [7, 11) is 0. The largest absolute Gasteiger partial charge is 0.393 e. The molecule has 0 spiro atoms. The summed E-state index contributed by atoms with van der Waals surface area (Å²) in [5.41, 5.74) is 1.02. The van der Waals surface area contributed by atoms with Crippen LogP contribution in [0.4, 0.5) is 10.1 Å². The van der Waals surface area contributed by atoms with E-state index < -0.39 is 0 Å². The molecule has 1 heterocycles. The van der Waals surface area contributed by atoms with Gasteiger partial charge in [-0.05, 0) is 122 Å². The van der Waals surface area contributed by atoms with Crippen molar-refractivity contribution in [3.8, 4) is 0 Å². The zero-order valence-electron chi connectivity index (χ0n) is 22.7. The Balaban J connectivity index is 1.13. The second-order valence-electron chi connectivity index (χ2n) is 13.6. The van der Waals surface area contributed by atoms with Gasteiger partial charge in [0.15, 0.2) is 0 Å². The summed E-state index contributed by atoms with van der Waals surface area (Å²) < 4.78 is 13.6. The number of thioether (sulfide) groups is 1. The van der Waals surface area contributed by atoms with Crippen molar-refractivity contribution in [1.29, 1.82) is 0 Å². The van der Waals surface area contributed by atoms with Gasteiger partial charge in [-0.3, -0.25) is 4.79 Å². The van der Waals surface area contributed by atoms with Gasteiger partial charge in [0, 0.05) is 11.3 Å². The minimum absolute atomic E-state index is 0.0748. The van der Waals surface area contributed by atoms with E-state index in [4.69, 9.17) is 0 Å². The Labute approximate surface area is 225 Å². The molecule has 0 radical (unpaired) electrons. The van der Waals surface area contributed by atoms with Crippen LogP contribution in [-0.4, -0.2) is 34.2 Å². The first-order chi connectivity index (χ1) is 17.6. The van der Waals surface area contributed by atoms with Crippen molar-refractivity contribution in [3.63, 3.8) is 0 Å². The number of halogens is 1. The van der Waals surface area contributed by atoms with Crippen molar-refractivity contribution in [2.75, 3.05) is 10.8 Å². The maximum atomic E-state index is 13.6. The van der Waals surface area contributed by atoms with Crippen LogP contribution in [0.3, 0.4) is 0 Å². The second kappa shape index (κ2) is 9.52. The summed E-state index contributed by atoms with van der Waals surface area (Å²) in [6.07, 6.45) is 9.59. The summed E-state index contributed by atoms with van der Waals surface area (Å²) in [6.45, 7) is 7.14. The SMILES string of the molecule is C[C@H](CCC(=O)N1CSc2cc(F)ccc21)[C@H]1CC[C@H]2[C@@H]3CC[C@@H]4C[C@H](O)CC[C@]4(C)[C@H]3C[C@H](O)[C@]12C. The molecule has 0 aromatic heterocycles. The molecule has 4 fully saturated rings. The smallest absolute Gasteiger partial charge is 0.227 e. The summed E-state index contributed by atoms with van der Waals surface area (Å²) in [5, 5.41) is 22.1. The lowest BCUT2D eigenvalue weighted by molar-refractivity contribution is -0.174. The fraction of sp³-hybridized carbons (Fsp3) is 0.774. The normalized spacial score (nSPS) is 43.5. The minimum Gasteiger partial charge on any atom is -0.393 e. The lowest BCUT2D eigenvalue weighted by Gasteiger charge is -2.62. The molecule has 10 atom stereocenters. The molecule has 1 aromatic rings. The number of carbonyl (C=O) groups is 1. The van der Waals surface area contributed by atoms with Gasteiger partial charge < -0.3 is 15.1 Å². The number of nitrogens with zero attached hydrogens (tertiary/aromatic N) is 1. The van der Waals surface area contributed by atoms with Gasteiger partial charge >= 0.3 is 0 Å². The average molecular weight is 530 g/mol. The third-order valence-electron chi connectivity index (χ3n) is 12.2. The number of aliphatic hydroxyl groups is 2. The van der Waals surface area contributed by atoms with E-state index >= 15 is 0 Å². The molecule has 0 saturated heterocycles. The van der Waals surface area contributed by atoms with Gasteiger partial charge in [0.1, 0.15) is 5.82 Å². The molecule has 204 valence electrons. The van der Waals surface area contributed by atoms with Crippen molar-refractivity contribution in [2.45, 2.75) is 102 Å².